The lowest BCUT2D eigenvalue weighted by atomic mass is 9.98. The number of amides is 1. The molecule has 4 N–H and O–H groups in total. The molecule has 5 heteroatoms. The number of halogens is 1. The summed E-state index contributed by atoms with van der Waals surface area (Å²) in [5.41, 5.74) is 6.01. The van der Waals surface area contributed by atoms with Gasteiger partial charge >= 0.3 is 0 Å². The predicted molar refractivity (Wildman–Crippen MR) is 71.6 cm³/mol. The van der Waals surface area contributed by atoms with E-state index in [9.17, 15) is 9.90 Å². The molecule has 0 aromatic heterocycles. The molecule has 0 atom stereocenters. The van der Waals surface area contributed by atoms with Gasteiger partial charge in [-0.1, -0.05) is 24.4 Å². The molecule has 0 unspecified atom stereocenters. The second-order valence-corrected chi connectivity index (χ2v) is 5.25. The van der Waals surface area contributed by atoms with Crippen LogP contribution < -0.4 is 11.1 Å². The van der Waals surface area contributed by atoms with E-state index in [-0.39, 0.29) is 12.5 Å². The number of hydrogen-bond donors (Lipinski definition) is 3. The number of hydrogen-bond acceptors (Lipinski definition) is 3. The number of aliphatic hydroxyl groups excluding tert-OH is 1. The van der Waals surface area contributed by atoms with E-state index in [1.165, 1.54) is 0 Å². The molecule has 0 saturated heterocycles. The van der Waals surface area contributed by atoms with Gasteiger partial charge in [0.2, 0.25) is 0 Å². The number of carbonyl (C=O) groups is 1. The van der Waals surface area contributed by atoms with Crippen LogP contribution in [0.15, 0.2) is 18.2 Å². The Morgan fingerprint density at radius 2 is 2.11 bits per heavy atom. The Morgan fingerprint density at radius 3 is 2.72 bits per heavy atom. The van der Waals surface area contributed by atoms with E-state index in [0.29, 0.717) is 16.3 Å². The lowest BCUT2D eigenvalue weighted by molar-refractivity contribution is 0.0838. The zero-order valence-corrected chi connectivity index (χ0v) is 10.8. The van der Waals surface area contributed by atoms with Gasteiger partial charge in [-0.05, 0) is 31.0 Å². The van der Waals surface area contributed by atoms with Gasteiger partial charge in [0.15, 0.2) is 0 Å². The fraction of sp³-hybridized carbons (Fsp3) is 0.462. The van der Waals surface area contributed by atoms with Crippen LogP contribution in [0.25, 0.3) is 0 Å². The summed E-state index contributed by atoms with van der Waals surface area (Å²) in [4.78, 5) is 12.2. The highest BCUT2D eigenvalue weighted by atomic mass is 35.5. The van der Waals surface area contributed by atoms with Gasteiger partial charge in [-0.25, -0.2) is 0 Å². The van der Waals surface area contributed by atoms with Crippen LogP contribution in [-0.4, -0.2) is 23.2 Å². The van der Waals surface area contributed by atoms with E-state index in [1.807, 2.05) is 0 Å². The van der Waals surface area contributed by atoms with Crippen molar-refractivity contribution >= 4 is 23.2 Å². The van der Waals surface area contributed by atoms with Gasteiger partial charge in [-0.2, -0.15) is 0 Å². The summed E-state index contributed by atoms with van der Waals surface area (Å²) in [6.45, 7) is -0.0430. The zero-order chi connectivity index (χ0) is 13.2. The van der Waals surface area contributed by atoms with E-state index in [2.05, 4.69) is 5.32 Å². The minimum absolute atomic E-state index is 0.0430. The predicted octanol–water partition coefficient (Wildman–Crippen LogP) is 1.96. The van der Waals surface area contributed by atoms with Crippen LogP contribution in [0.5, 0.6) is 0 Å². The average Bonchev–Trinajstić information content (AvgIpc) is 2.81. The lowest BCUT2D eigenvalue weighted by Crippen LogP contribution is -2.49. The molecule has 1 saturated carbocycles. The highest BCUT2D eigenvalue weighted by molar-refractivity contribution is 6.34. The van der Waals surface area contributed by atoms with Crippen molar-refractivity contribution in [2.75, 3.05) is 12.3 Å². The van der Waals surface area contributed by atoms with Gasteiger partial charge in [0.1, 0.15) is 0 Å². The normalized spacial score (nSPS) is 17.7. The first-order valence-electron chi connectivity index (χ1n) is 6.05. The fourth-order valence-corrected chi connectivity index (χ4v) is 2.60. The van der Waals surface area contributed by atoms with E-state index in [1.54, 1.807) is 18.2 Å². The van der Waals surface area contributed by atoms with E-state index in [0.717, 1.165) is 25.7 Å². The molecule has 0 radical (unpaired) electrons. The van der Waals surface area contributed by atoms with E-state index in [4.69, 9.17) is 17.3 Å². The molecule has 1 amide bonds. The number of rotatable bonds is 3. The molecule has 1 aliphatic rings. The second-order valence-electron chi connectivity index (χ2n) is 4.84. The van der Waals surface area contributed by atoms with E-state index < -0.39 is 5.54 Å². The van der Waals surface area contributed by atoms with Crippen LogP contribution in [0, 0.1) is 0 Å². The number of nitrogen functional groups attached to an aromatic ring is 1. The van der Waals surface area contributed by atoms with Gasteiger partial charge in [0, 0.05) is 5.69 Å². The molecular formula is C13H17ClN2O2. The topological polar surface area (TPSA) is 75.4 Å². The van der Waals surface area contributed by atoms with Crippen molar-refractivity contribution in [1.82, 2.24) is 5.32 Å². The first-order chi connectivity index (χ1) is 8.56. The van der Waals surface area contributed by atoms with Crippen molar-refractivity contribution in [2.24, 2.45) is 0 Å². The highest BCUT2D eigenvalue weighted by Crippen LogP contribution is 2.30. The summed E-state index contributed by atoms with van der Waals surface area (Å²) in [5.74, 6) is -0.275. The van der Waals surface area contributed by atoms with Crippen molar-refractivity contribution in [2.45, 2.75) is 31.2 Å². The molecule has 1 aromatic rings. The number of anilines is 1. The molecule has 18 heavy (non-hydrogen) atoms. The van der Waals surface area contributed by atoms with Gasteiger partial charge in [-0.3, -0.25) is 4.79 Å². The Bertz CT molecular complexity index is 456. The summed E-state index contributed by atoms with van der Waals surface area (Å²) >= 11 is 5.99. The lowest BCUT2D eigenvalue weighted by Gasteiger charge is -2.28. The van der Waals surface area contributed by atoms with Crippen LogP contribution >= 0.6 is 11.6 Å². The Balaban J connectivity index is 2.18. The van der Waals surface area contributed by atoms with Crippen molar-refractivity contribution in [3.8, 4) is 0 Å². The number of carbonyl (C=O) groups excluding carboxylic acids is 1. The molecule has 0 aliphatic heterocycles. The number of nitrogens with two attached hydrogens (primary N) is 1. The minimum Gasteiger partial charge on any atom is -0.399 e. The largest absolute Gasteiger partial charge is 0.399 e. The summed E-state index contributed by atoms with van der Waals surface area (Å²) in [5, 5.41) is 12.7. The first kappa shape index (κ1) is 13.2. The molecule has 1 aromatic carbocycles. The molecule has 0 bridgehead atoms. The molecular weight excluding hydrogens is 252 g/mol. The van der Waals surface area contributed by atoms with Crippen molar-refractivity contribution < 1.29 is 9.90 Å². The first-order valence-corrected chi connectivity index (χ1v) is 6.42. The van der Waals surface area contributed by atoms with Gasteiger partial charge in [-0.15, -0.1) is 0 Å². The summed E-state index contributed by atoms with van der Waals surface area (Å²) in [6.07, 6.45) is 3.64. The standard InChI is InChI=1S/C13H17ClN2O2/c14-11-4-3-9(15)7-10(11)12(18)16-13(8-17)5-1-2-6-13/h3-4,7,17H,1-2,5-6,8,15H2,(H,16,18). The molecule has 1 fully saturated rings. The van der Waals surface area contributed by atoms with Crippen molar-refractivity contribution in [1.29, 1.82) is 0 Å². The summed E-state index contributed by atoms with van der Waals surface area (Å²) in [6, 6.07) is 4.81. The van der Waals surface area contributed by atoms with Crippen LogP contribution in [0.2, 0.25) is 5.02 Å². The Morgan fingerprint density at radius 1 is 1.44 bits per heavy atom. The highest BCUT2D eigenvalue weighted by Gasteiger charge is 2.35. The maximum absolute atomic E-state index is 12.2. The number of aliphatic hydroxyl groups is 1. The third kappa shape index (κ3) is 2.60. The maximum atomic E-state index is 12.2. The minimum atomic E-state index is -0.495. The second kappa shape index (κ2) is 5.16. The fourth-order valence-electron chi connectivity index (χ4n) is 2.40. The Labute approximate surface area is 111 Å². The van der Waals surface area contributed by atoms with Crippen LogP contribution in [0.1, 0.15) is 36.0 Å². The Kier molecular flexibility index (Phi) is 3.78. The van der Waals surface area contributed by atoms with Gasteiger partial charge in [0.05, 0.1) is 22.7 Å². The summed E-state index contributed by atoms with van der Waals surface area (Å²) < 4.78 is 0. The van der Waals surface area contributed by atoms with Crippen LogP contribution in [0.3, 0.4) is 0 Å². The molecule has 2 rings (SSSR count). The zero-order valence-electron chi connectivity index (χ0n) is 10.1. The van der Waals surface area contributed by atoms with Crippen molar-refractivity contribution in [3.63, 3.8) is 0 Å². The third-order valence-electron chi connectivity index (χ3n) is 3.48. The van der Waals surface area contributed by atoms with E-state index >= 15 is 0 Å². The quantitative estimate of drug-likeness (QED) is 0.734. The van der Waals surface area contributed by atoms with Crippen LogP contribution in [-0.2, 0) is 0 Å². The Hall–Kier alpha value is -1.26. The number of nitrogens with one attached hydrogen (secondary N) is 1. The SMILES string of the molecule is Nc1ccc(Cl)c(C(=O)NC2(CO)CCCC2)c1. The molecule has 0 spiro atoms. The smallest absolute Gasteiger partial charge is 0.253 e. The number of benzene rings is 1. The molecule has 1 aliphatic carbocycles. The molecule has 0 heterocycles. The summed E-state index contributed by atoms with van der Waals surface area (Å²) in [7, 11) is 0. The monoisotopic (exact) mass is 268 g/mol. The third-order valence-corrected chi connectivity index (χ3v) is 3.81. The van der Waals surface area contributed by atoms with Gasteiger partial charge in [0.25, 0.3) is 5.91 Å². The van der Waals surface area contributed by atoms with Crippen LogP contribution in [0.4, 0.5) is 5.69 Å². The average molecular weight is 269 g/mol. The maximum Gasteiger partial charge on any atom is 0.253 e. The molecule has 4 nitrogen and oxygen atoms in total. The van der Waals surface area contributed by atoms with Crippen molar-refractivity contribution in [3.05, 3.63) is 28.8 Å². The molecule has 98 valence electrons. The van der Waals surface area contributed by atoms with Gasteiger partial charge < -0.3 is 16.2 Å².